The van der Waals surface area contributed by atoms with Crippen molar-refractivity contribution in [3.8, 4) is 5.75 Å². The molecule has 2 N–H and O–H groups in total. The van der Waals surface area contributed by atoms with Gasteiger partial charge in [-0.3, -0.25) is 19.4 Å². The summed E-state index contributed by atoms with van der Waals surface area (Å²) in [7, 11) is 5.99. The number of alkyl halides is 2. The number of esters is 3. The molecule has 2 aromatic carbocycles. The van der Waals surface area contributed by atoms with E-state index in [2.05, 4.69) is 14.8 Å². The summed E-state index contributed by atoms with van der Waals surface area (Å²) in [6.45, 7) is 6.88. The molecular weight excluding hydrogens is 763 g/mol. The third-order valence-corrected chi connectivity index (χ3v) is 15.7. The molecule has 3 saturated heterocycles. The number of rotatable bonds is 7. The van der Waals surface area contributed by atoms with E-state index in [1.165, 1.54) is 21.1 Å². The highest BCUT2D eigenvalue weighted by atomic mass is 19.3. The number of methoxy groups -OCH3 is 3. The number of carbonyl (C=O) groups is 3. The molecule has 6 aliphatic rings. The lowest BCUT2D eigenvalue weighted by Gasteiger charge is -2.65. The minimum Gasteiger partial charge on any atom is -0.496 e. The van der Waals surface area contributed by atoms with Crippen LogP contribution in [-0.2, 0) is 46.0 Å². The third kappa shape index (κ3) is 5.23. The number of benzene rings is 2. The minimum atomic E-state index is -2.93. The van der Waals surface area contributed by atoms with E-state index in [1.807, 2.05) is 55.3 Å². The number of halogens is 2. The summed E-state index contributed by atoms with van der Waals surface area (Å²) in [6.07, 6.45) is 1.62. The first kappa shape index (κ1) is 40.2. The molecular formula is C45H56F2N4O8. The zero-order chi connectivity index (χ0) is 42.0. The van der Waals surface area contributed by atoms with Gasteiger partial charge >= 0.3 is 17.9 Å². The standard InChI is InChI=1S/C45H56F2N4O8/c1-8-42-14-11-16-51-17-15-43(36(42)51)30-19-31(34(56-5)20-33(30)49(4)37(43)45(55,40(54)58-7)38(42)59-25(2)52)44(39(53)57-6)21-26-18-27(41(3,46)47)23-50(22-26)24-29-28-12-9-10-13-32(28)48-35(29)44/h9-10,12-13,19-20,26-27,36-38,48,55H,8,11,14-18,21-24H2,1-7H3/t26-,27-,36+,37-,38-,42-,43-,44+,45+/m1/s1. The van der Waals surface area contributed by atoms with Crippen molar-refractivity contribution in [2.75, 3.05) is 59.5 Å². The number of aromatic amines is 1. The number of aliphatic hydroxyl groups is 1. The molecule has 1 saturated carbocycles. The number of H-pyrrole nitrogens is 1. The van der Waals surface area contributed by atoms with Gasteiger partial charge in [0.2, 0.25) is 11.5 Å². The summed E-state index contributed by atoms with van der Waals surface area (Å²) >= 11 is 0. The van der Waals surface area contributed by atoms with Gasteiger partial charge in [0.05, 0.1) is 27.4 Å². The number of piperidine rings is 2. The van der Waals surface area contributed by atoms with Gasteiger partial charge in [0.15, 0.2) is 6.10 Å². The van der Waals surface area contributed by atoms with E-state index in [4.69, 9.17) is 18.9 Å². The molecule has 3 aromatic rings. The van der Waals surface area contributed by atoms with Crippen LogP contribution in [-0.4, -0.2) is 122 Å². The van der Waals surface area contributed by atoms with Crippen LogP contribution in [0.5, 0.6) is 5.75 Å². The maximum Gasteiger partial charge on any atom is 0.344 e. The number of ether oxygens (including phenoxy) is 4. The number of fused-ring (bicyclic) bond motifs is 6. The highest BCUT2D eigenvalue weighted by Crippen LogP contribution is 2.69. The van der Waals surface area contributed by atoms with Crippen molar-refractivity contribution >= 4 is 34.5 Å². The quantitative estimate of drug-likeness (QED) is 0.238. The summed E-state index contributed by atoms with van der Waals surface area (Å²) in [5.74, 6) is -5.81. The second-order valence-electron chi connectivity index (χ2n) is 18.4. The Morgan fingerprint density at radius 2 is 1.75 bits per heavy atom. The molecule has 1 aliphatic carbocycles. The maximum atomic E-state index is 15.3. The first-order valence-electron chi connectivity index (χ1n) is 21.0. The molecule has 5 aliphatic heterocycles. The Kier molecular flexibility index (Phi) is 9.27. The summed E-state index contributed by atoms with van der Waals surface area (Å²) in [4.78, 5) is 52.7. The molecule has 0 amide bonds. The fraction of sp³-hybridized carbons (Fsp3) is 0.622. The largest absolute Gasteiger partial charge is 0.496 e. The molecule has 6 heterocycles. The molecule has 0 radical (unpaired) electrons. The minimum absolute atomic E-state index is 0.166. The van der Waals surface area contributed by atoms with Crippen molar-refractivity contribution in [1.82, 2.24) is 14.8 Å². The van der Waals surface area contributed by atoms with E-state index in [0.717, 1.165) is 41.9 Å². The van der Waals surface area contributed by atoms with Crippen molar-refractivity contribution in [2.45, 2.75) is 106 Å². The molecule has 1 unspecified atom stereocenters. The van der Waals surface area contributed by atoms with Crippen molar-refractivity contribution in [1.29, 1.82) is 0 Å². The monoisotopic (exact) mass is 818 g/mol. The first-order valence-corrected chi connectivity index (χ1v) is 21.0. The highest BCUT2D eigenvalue weighted by molar-refractivity contribution is 5.95. The zero-order valence-electron chi connectivity index (χ0n) is 35.0. The van der Waals surface area contributed by atoms with Gasteiger partial charge in [0.25, 0.3) is 0 Å². The van der Waals surface area contributed by atoms with E-state index in [-0.39, 0.29) is 31.3 Å². The van der Waals surface area contributed by atoms with Crippen LogP contribution in [0.3, 0.4) is 0 Å². The van der Waals surface area contributed by atoms with Crippen LogP contribution in [0.15, 0.2) is 36.4 Å². The number of nitrogens with one attached hydrogen (secondary N) is 1. The number of hydrogen-bond donors (Lipinski definition) is 2. The van der Waals surface area contributed by atoms with Crippen LogP contribution < -0.4 is 9.64 Å². The average Bonchev–Trinajstić information content (AvgIpc) is 3.86. The van der Waals surface area contributed by atoms with Crippen LogP contribution >= 0.6 is 0 Å². The number of aromatic nitrogens is 1. The van der Waals surface area contributed by atoms with E-state index >= 15 is 13.6 Å². The molecule has 2 bridgehead atoms. The van der Waals surface area contributed by atoms with Gasteiger partial charge in [-0.25, -0.2) is 13.6 Å². The van der Waals surface area contributed by atoms with Gasteiger partial charge in [-0.1, -0.05) is 25.1 Å². The third-order valence-electron chi connectivity index (χ3n) is 15.7. The maximum absolute atomic E-state index is 15.3. The topological polar surface area (TPSA) is 134 Å². The molecule has 1 aromatic heterocycles. The van der Waals surface area contributed by atoms with E-state index in [9.17, 15) is 14.7 Å². The second kappa shape index (κ2) is 13.6. The van der Waals surface area contributed by atoms with Crippen LogP contribution in [0.4, 0.5) is 14.5 Å². The smallest absolute Gasteiger partial charge is 0.344 e. The Morgan fingerprint density at radius 3 is 2.42 bits per heavy atom. The van der Waals surface area contributed by atoms with Crippen LogP contribution in [0.25, 0.3) is 10.9 Å². The number of likely N-dealkylation sites (N-methyl/N-ethyl adjacent to an activating group) is 1. The van der Waals surface area contributed by atoms with Crippen molar-refractivity contribution in [2.24, 2.45) is 17.3 Å². The molecule has 318 valence electrons. The Labute approximate surface area is 343 Å². The van der Waals surface area contributed by atoms with E-state index in [1.54, 1.807) is 7.11 Å². The van der Waals surface area contributed by atoms with Gasteiger partial charge in [-0.05, 0) is 87.7 Å². The number of carbonyl (C=O) groups excluding carboxylic acids is 3. The van der Waals surface area contributed by atoms with Gasteiger partial charge in [0, 0.05) is 90.3 Å². The summed E-state index contributed by atoms with van der Waals surface area (Å²) < 4.78 is 54.4. The van der Waals surface area contributed by atoms with Crippen molar-refractivity contribution < 1.29 is 47.2 Å². The molecule has 1 spiro atoms. The van der Waals surface area contributed by atoms with Gasteiger partial charge in [-0.15, -0.1) is 0 Å². The average molecular weight is 819 g/mol. The van der Waals surface area contributed by atoms with Crippen molar-refractivity contribution in [3.05, 3.63) is 58.8 Å². The molecule has 12 nitrogen and oxygen atoms in total. The molecule has 14 heteroatoms. The predicted molar refractivity (Wildman–Crippen MR) is 215 cm³/mol. The van der Waals surface area contributed by atoms with E-state index < -0.39 is 63.7 Å². The molecule has 59 heavy (non-hydrogen) atoms. The second-order valence-corrected chi connectivity index (χ2v) is 18.4. The lowest BCUT2D eigenvalue weighted by molar-refractivity contribution is -0.242. The number of nitrogens with zero attached hydrogens (tertiary/aromatic N) is 3. The SMILES string of the molecule is CC[C@]12CCCN3CC[C@@]4(c5cc([C@@]6(C(=O)OC)C[C@H]7C[C@@H](C(C)(F)F)CN(Cc8c6[nH]c6ccccc86)C7)c(OC)cc5N(C)[C@H]4[C@@](O)(C(=O)OC)[C@@H]1OC(C)=O)[C@@H]32. The van der Waals surface area contributed by atoms with Crippen LogP contribution in [0.1, 0.15) is 81.7 Å². The summed E-state index contributed by atoms with van der Waals surface area (Å²) in [5.41, 5.74) is -1.24. The predicted octanol–water partition coefficient (Wildman–Crippen LogP) is 5.30. The summed E-state index contributed by atoms with van der Waals surface area (Å²) in [5, 5.41) is 14.2. The van der Waals surface area contributed by atoms with Gasteiger partial charge in [-0.2, -0.15) is 0 Å². The fourth-order valence-electron chi connectivity index (χ4n) is 13.7. The fourth-order valence-corrected chi connectivity index (χ4v) is 13.7. The Bertz CT molecular complexity index is 2230. The number of anilines is 1. The van der Waals surface area contributed by atoms with Crippen molar-refractivity contribution in [3.63, 3.8) is 0 Å². The van der Waals surface area contributed by atoms with Crippen LogP contribution in [0.2, 0.25) is 0 Å². The number of hydrogen-bond acceptors (Lipinski definition) is 11. The summed E-state index contributed by atoms with van der Waals surface area (Å²) in [6, 6.07) is 10.5. The Balaban J connectivity index is 1.35. The zero-order valence-corrected chi connectivity index (χ0v) is 35.0. The molecule has 10 atom stereocenters. The lowest BCUT2D eigenvalue weighted by Crippen LogP contribution is -2.82. The molecule has 4 fully saturated rings. The Morgan fingerprint density at radius 1 is 1.00 bits per heavy atom. The molecule has 9 rings (SSSR count). The van der Waals surface area contributed by atoms with Gasteiger partial charge < -0.3 is 33.9 Å². The van der Waals surface area contributed by atoms with Crippen LogP contribution in [0, 0.1) is 17.3 Å². The first-order chi connectivity index (χ1) is 28.1. The normalized spacial score (nSPS) is 36.1. The number of para-hydroxylation sites is 1. The van der Waals surface area contributed by atoms with Gasteiger partial charge in [0.1, 0.15) is 11.2 Å². The van der Waals surface area contributed by atoms with E-state index in [0.29, 0.717) is 61.6 Å². The lowest BCUT2D eigenvalue weighted by atomic mass is 9.46. The highest BCUT2D eigenvalue weighted by Gasteiger charge is 2.81. The Hall–Kier alpha value is -4.27.